The van der Waals surface area contributed by atoms with E-state index in [4.69, 9.17) is 5.73 Å². The molecule has 0 saturated carbocycles. The van der Waals surface area contributed by atoms with Gasteiger partial charge in [-0.1, -0.05) is 0 Å². The summed E-state index contributed by atoms with van der Waals surface area (Å²) in [4.78, 5) is 35.6. The fourth-order valence-corrected chi connectivity index (χ4v) is 3.43. The highest BCUT2D eigenvalue weighted by atomic mass is 35.5. The molecule has 0 amide bonds. The number of alkyl halides is 1. The molecule has 1 atom stereocenters. The lowest BCUT2D eigenvalue weighted by atomic mass is 10.1. The van der Waals surface area contributed by atoms with E-state index in [2.05, 4.69) is 0 Å². The van der Waals surface area contributed by atoms with E-state index in [-0.39, 0.29) is 36.2 Å². The number of hydrogen-bond donors (Lipinski definition) is 1. The number of Topliss-reactive ketones (excluding diaryl/α,β-unsaturated/α-hetero) is 1. The molecule has 1 fully saturated rings. The monoisotopic (exact) mass is 434 g/mol. The number of rotatable bonds is 6. The molecule has 1 aromatic carbocycles. The predicted molar refractivity (Wildman–Crippen MR) is 102 cm³/mol. The number of hydrogen-bond acceptors (Lipinski definition) is 6. The average Bonchev–Trinajstić information content (AvgIpc) is 3.02. The molecular weight excluding hydrogens is 417 g/mol. The van der Waals surface area contributed by atoms with Crippen LogP contribution < -0.4 is 16.1 Å². The Kier molecular flexibility index (Phi) is 6.85. The minimum atomic E-state index is -1.16. The van der Waals surface area contributed by atoms with Crippen LogP contribution in [-0.2, 0) is 6.54 Å². The molecule has 29 heavy (non-hydrogen) atoms. The van der Waals surface area contributed by atoms with E-state index in [0.717, 1.165) is 16.8 Å². The van der Waals surface area contributed by atoms with Crippen LogP contribution in [0.5, 0.6) is 0 Å². The van der Waals surface area contributed by atoms with Gasteiger partial charge in [0.05, 0.1) is 23.0 Å². The first-order chi connectivity index (χ1) is 13.2. The Morgan fingerprint density at radius 1 is 1.38 bits per heavy atom. The number of carbonyl (C=O) groups is 1. The lowest BCUT2D eigenvalue weighted by molar-refractivity contribution is -0.465. The van der Waals surface area contributed by atoms with Gasteiger partial charge < -0.3 is 15.2 Å². The number of nitrogens with zero attached hydrogens (tertiary/aromatic N) is 3. The van der Waals surface area contributed by atoms with Crippen LogP contribution >= 0.6 is 12.4 Å². The lowest BCUT2D eigenvalue weighted by Gasteiger charge is -2.22. The highest BCUT2D eigenvalue weighted by molar-refractivity contribution is 6.00. The molecule has 1 saturated heterocycles. The van der Waals surface area contributed by atoms with Crippen molar-refractivity contribution in [3.05, 3.63) is 49.8 Å². The summed E-state index contributed by atoms with van der Waals surface area (Å²) >= 11 is 0. The second kappa shape index (κ2) is 8.78. The Hall–Kier alpha value is -2.66. The normalized spacial score (nSPS) is 16.1. The standard InChI is InChI=1S/C17H17F3N4O4.ClH/c18-2-4-23-7-11(13(25)8-24(27)28)17(26)10-5-12(19)16(14(20)15(10)23)22-3-1-9(21)6-22;/h5,7,9H,1-4,6,8,21H2;1H. The summed E-state index contributed by atoms with van der Waals surface area (Å²) in [6.45, 7) is -2.01. The molecular formula is C17H18ClF3N4O4. The Morgan fingerprint density at radius 3 is 2.62 bits per heavy atom. The van der Waals surface area contributed by atoms with Crippen molar-refractivity contribution in [1.82, 2.24) is 4.57 Å². The van der Waals surface area contributed by atoms with Gasteiger partial charge in [-0.3, -0.25) is 19.7 Å². The van der Waals surface area contributed by atoms with Crippen LogP contribution in [-0.4, -0.2) is 47.6 Å². The average molecular weight is 435 g/mol. The number of ketones is 1. The van der Waals surface area contributed by atoms with E-state index >= 15 is 4.39 Å². The van der Waals surface area contributed by atoms with E-state index < -0.39 is 58.5 Å². The minimum Gasteiger partial charge on any atom is -0.365 e. The van der Waals surface area contributed by atoms with Crippen molar-refractivity contribution in [2.75, 3.05) is 31.2 Å². The van der Waals surface area contributed by atoms with Gasteiger partial charge in [0.2, 0.25) is 11.2 Å². The van der Waals surface area contributed by atoms with Gasteiger partial charge in [-0.25, -0.2) is 13.2 Å². The van der Waals surface area contributed by atoms with Gasteiger partial charge in [0.15, 0.2) is 5.82 Å². The topological polar surface area (TPSA) is 111 Å². The maximum Gasteiger partial charge on any atom is 0.266 e. The van der Waals surface area contributed by atoms with E-state index in [1.54, 1.807) is 0 Å². The summed E-state index contributed by atoms with van der Waals surface area (Å²) < 4.78 is 43.8. The van der Waals surface area contributed by atoms with Crippen LogP contribution in [0.15, 0.2) is 17.1 Å². The van der Waals surface area contributed by atoms with Crippen LogP contribution in [0, 0.1) is 21.7 Å². The lowest BCUT2D eigenvalue weighted by Crippen LogP contribution is -2.29. The summed E-state index contributed by atoms with van der Waals surface area (Å²) in [6.07, 6.45) is 1.42. The van der Waals surface area contributed by atoms with Gasteiger partial charge in [0.1, 0.15) is 18.2 Å². The van der Waals surface area contributed by atoms with Gasteiger partial charge >= 0.3 is 0 Å². The maximum absolute atomic E-state index is 15.2. The van der Waals surface area contributed by atoms with Crippen molar-refractivity contribution in [2.24, 2.45) is 5.73 Å². The van der Waals surface area contributed by atoms with E-state index in [0.29, 0.717) is 13.0 Å². The summed E-state index contributed by atoms with van der Waals surface area (Å²) in [7, 11) is 0. The van der Waals surface area contributed by atoms with Crippen molar-refractivity contribution in [2.45, 2.75) is 19.0 Å². The second-order valence-electron chi connectivity index (χ2n) is 6.58. The van der Waals surface area contributed by atoms with E-state index in [1.807, 2.05) is 0 Å². The van der Waals surface area contributed by atoms with Gasteiger partial charge in [-0.05, 0) is 12.5 Å². The largest absolute Gasteiger partial charge is 0.365 e. The molecule has 2 N–H and O–H groups in total. The van der Waals surface area contributed by atoms with Crippen LogP contribution in [0.1, 0.15) is 16.8 Å². The SMILES string of the molecule is Cl.NC1CCN(c2c(F)cc3c(=O)c(C(=O)C[N+](=O)[O-])cn(CCF)c3c2F)C1. The zero-order chi connectivity index (χ0) is 20.6. The highest BCUT2D eigenvalue weighted by Crippen LogP contribution is 2.32. The van der Waals surface area contributed by atoms with Gasteiger partial charge in [0, 0.05) is 30.3 Å². The third-order valence-electron chi connectivity index (χ3n) is 4.67. The zero-order valence-electron chi connectivity index (χ0n) is 15.1. The van der Waals surface area contributed by atoms with Gasteiger partial charge in [-0.15, -0.1) is 12.4 Å². The number of nitro groups is 1. The van der Waals surface area contributed by atoms with Crippen LogP contribution in [0.3, 0.4) is 0 Å². The van der Waals surface area contributed by atoms with Gasteiger partial charge in [0.25, 0.3) is 6.54 Å². The molecule has 1 unspecified atom stereocenters. The van der Waals surface area contributed by atoms with Crippen molar-refractivity contribution in [3.63, 3.8) is 0 Å². The third kappa shape index (κ3) is 4.20. The van der Waals surface area contributed by atoms with E-state index in [1.165, 1.54) is 4.90 Å². The molecule has 2 aromatic rings. The fourth-order valence-electron chi connectivity index (χ4n) is 3.43. The molecule has 158 valence electrons. The zero-order valence-corrected chi connectivity index (χ0v) is 15.9. The smallest absolute Gasteiger partial charge is 0.266 e. The molecule has 3 rings (SSSR count). The fraction of sp³-hybridized carbons (Fsp3) is 0.412. The third-order valence-corrected chi connectivity index (χ3v) is 4.67. The molecule has 0 spiro atoms. The molecule has 1 aliphatic heterocycles. The molecule has 0 radical (unpaired) electrons. The number of carbonyl (C=O) groups excluding carboxylic acids is 1. The molecule has 0 bridgehead atoms. The summed E-state index contributed by atoms with van der Waals surface area (Å²) in [5, 5.41) is 10.1. The molecule has 1 aromatic heterocycles. The number of fused-ring (bicyclic) bond motifs is 1. The quantitative estimate of drug-likeness (QED) is 0.420. The number of benzene rings is 1. The molecule has 8 nitrogen and oxygen atoms in total. The van der Waals surface area contributed by atoms with Crippen molar-refractivity contribution in [3.8, 4) is 0 Å². The Labute approximate surface area is 168 Å². The number of anilines is 1. The van der Waals surface area contributed by atoms with Crippen molar-refractivity contribution >= 4 is 34.8 Å². The van der Waals surface area contributed by atoms with Crippen molar-refractivity contribution < 1.29 is 22.9 Å². The maximum atomic E-state index is 15.2. The second-order valence-corrected chi connectivity index (χ2v) is 6.58. The highest BCUT2D eigenvalue weighted by Gasteiger charge is 2.29. The number of pyridine rings is 1. The first-order valence-electron chi connectivity index (χ1n) is 8.51. The Bertz CT molecular complexity index is 1030. The molecule has 2 heterocycles. The number of nitrogens with two attached hydrogens (primary N) is 1. The predicted octanol–water partition coefficient (Wildman–Crippen LogP) is 1.67. The minimum absolute atomic E-state index is 0. The summed E-state index contributed by atoms with van der Waals surface area (Å²) in [5.41, 5.74) is 3.38. The molecule has 0 aliphatic carbocycles. The Morgan fingerprint density at radius 2 is 2.07 bits per heavy atom. The van der Waals surface area contributed by atoms with Crippen LogP contribution in [0.25, 0.3) is 10.9 Å². The number of aromatic nitrogens is 1. The number of aryl methyl sites for hydroxylation is 1. The van der Waals surface area contributed by atoms with E-state index in [9.17, 15) is 28.5 Å². The molecule has 12 heteroatoms. The first kappa shape index (κ1) is 22.6. The van der Waals surface area contributed by atoms with Crippen molar-refractivity contribution in [1.29, 1.82) is 0 Å². The summed E-state index contributed by atoms with van der Waals surface area (Å²) in [5.74, 6) is -3.22. The van der Waals surface area contributed by atoms with Crippen LogP contribution in [0.2, 0.25) is 0 Å². The van der Waals surface area contributed by atoms with Crippen LogP contribution in [0.4, 0.5) is 18.9 Å². The summed E-state index contributed by atoms with van der Waals surface area (Å²) in [6, 6.07) is 0.516. The Balaban J connectivity index is 0.00000300. The van der Waals surface area contributed by atoms with Gasteiger partial charge in [-0.2, -0.15) is 0 Å². The number of halogens is 4. The molecule has 1 aliphatic rings. The first-order valence-corrected chi connectivity index (χ1v) is 8.51.